The van der Waals surface area contributed by atoms with Crippen molar-refractivity contribution in [3.8, 4) is 23.0 Å². The van der Waals surface area contributed by atoms with Gasteiger partial charge >= 0.3 is 0 Å². The Labute approximate surface area is 175 Å². The molecule has 0 atom stereocenters. The van der Waals surface area contributed by atoms with Crippen LogP contribution in [0.4, 0.5) is 5.69 Å². The molecule has 0 saturated carbocycles. The van der Waals surface area contributed by atoms with E-state index in [0.29, 0.717) is 22.9 Å². The third kappa shape index (κ3) is 5.26. The lowest BCUT2D eigenvalue weighted by atomic mass is 10.1. The molecule has 6 heteroatoms. The van der Waals surface area contributed by atoms with Gasteiger partial charge in [0.05, 0.1) is 27.0 Å². The molecule has 0 bridgehead atoms. The Morgan fingerprint density at radius 2 is 1.34 bits per heavy atom. The first-order chi connectivity index (χ1) is 13.5. The number of rotatable bonds is 7. The highest BCUT2D eigenvalue weighted by atomic mass is 28.4. The molecule has 29 heavy (non-hydrogen) atoms. The molecule has 2 N–H and O–H groups in total. The molecule has 2 aromatic rings. The van der Waals surface area contributed by atoms with Gasteiger partial charge in [0.15, 0.2) is 11.5 Å². The summed E-state index contributed by atoms with van der Waals surface area (Å²) in [6.45, 7) is 11.1. The SMILES string of the molecule is COc1cc(/C=C\c2ccc(O[Si](C)(C)C(C)(C)C)c(N)c2)cc(OC)c1OC. The van der Waals surface area contributed by atoms with Crippen molar-refractivity contribution in [2.45, 2.75) is 38.9 Å². The van der Waals surface area contributed by atoms with E-state index in [2.05, 4.69) is 33.9 Å². The van der Waals surface area contributed by atoms with Crippen LogP contribution in [0.1, 0.15) is 31.9 Å². The first kappa shape index (κ1) is 22.7. The molecule has 0 unspecified atom stereocenters. The summed E-state index contributed by atoms with van der Waals surface area (Å²) in [5, 5.41) is 0.116. The van der Waals surface area contributed by atoms with Gasteiger partial charge in [0.1, 0.15) is 5.75 Å². The lowest BCUT2D eigenvalue weighted by Gasteiger charge is -2.36. The van der Waals surface area contributed by atoms with Crippen LogP contribution in [-0.2, 0) is 0 Å². The number of ether oxygens (including phenoxy) is 3. The van der Waals surface area contributed by atoms with Crippen LogP contribution in [0.5, 0.6) is 23.0 Å². The van der Waals surface area contributed by atoms with Gasteiger partial charge in [0, 0.05) is 0 Å². The van der Waals surface area contributed by atoms with Crippen LogP contribution in [0.2, 0.25) is 18.1 Å². The van der Waals surface area contributed by atoms with Crippen molar-refractivity contribution in [3.63, 3.8) is 0 Å². The Morgan fingerprint density at radius 3 is 1.79 bits per heavy atom. The molecular formula is C23H33NO4Si. The fraction of sp³-hybridized carbons (Fsp3) is 0.391. The van der Waals surface area contributed by atoms with Gasteiger partial charge in [-0.25, -0.2) is 0 Å². The number of benzene rings is 2. The van der Waals surface area contributed by atoms with Gasteiger partial charge in [-0.2, -0.15) is 0 Å². The number of hydrogen-bond donors (Lipinski definition) is 1. The molecule has 0 heterocycles. The maximum Gasteiger partial charge on any atom is 0.250 e. The Kier molecular flexibility index (Phi) is 6.90. The second-order valence-corrected chi connectivity index (χ2v) is 13.2. The van der Waals surface area contributed by atoms with Crippen molar-refractivity contribution in [2.24, 2.45) is 0 Å². The number of anilines is 1. The van der Waals surface area contributed by atoms with E-state index in [-0.39, 0.29) is 5.04 Å². The molecule has 0 amide bonds. The summed E-state index contributed by atoms with van der Waals surface area (Å²) in [4.78, 5) is 0. The van der Waals surface area contributed by atoms with E-state index in [4.69, 9.17) is 24.4 Å². The van der Waals surface area contributed by atoms with E-state index in [9.17, 15) is 0 Å². The first-order valence-corrected chi connectivity index (χ1v) is 12.5. The summed E-state index contributed by atoms with van der Waals surface area (Å²) in [5.41, 5.74) is 8.83. The average molecular weight is 416 g/mol. The van der Waals surface area contributed by atoms with Gasteiger partial charge in [0.2, 0.25) is 5.75 Å². The van der Waals surface area contributed by atoms with Gasteiger partial charge in [-0.3, -0.25) is 0 Å². The Balaban J connectivity index is 2.27. The van der Waals surface area contributed by atoms with Crippen molar-refractivity contribution in [1.82, 2.24) is 0 Å². The number of nitrogens with two attached hydrogens (primary N) is 1. The summed E-state index contributed by atoms with van der Waals surface area (Å²) in [6, 6.07) is 9.68. The zero-order valence-electron chi connectivity index (χ0n) is 18.8. The summed E-state index contributed by atoms with van der Waals surface area (Å²) >= 11 is 0. The Hall–Kier alpha value is -2.60. The second kappa shape index (κ2) is 8.82. The molecule has 0 spiro atoms. The third-order valence-electron chi connectivity index (χ3n) is 5.36. The number of hydrogen-bond acceptors (Lipinski definition) is 5. The van der Waals surface area contributed by atoms with Gasteiger partial charge in [-0.15, -0.1) is 0 Å². The van der Waals surface area contributed by atoms with Crippen LogP contribution >= 0.6 is 0 Å². The molecule has 158 valence electrons. The third-order valence-corrected chi connectivity index (χ3v) is 9.70. The van der Waals surface area contributed by atoms with Crippen molar-refractivity contribution < 1.29 is 18.6 Å². The highest BCUT2D eigenvalue weighted by Gasteiger charge is 2.39. The molecule has 0 radical (unpaired) electrons. The molecular weight excluding hydrogens is 382 g/mol. The smallest absolute Gasteiger partial charge is 0.250 e. The van der Waals surface area contributed by atoms with Crippen LogP contribution in [0.15, 0.2) is 30.3 Å². The second-order valence-electron chi connectivity index (χ2n) is 8.45. The van der Waals surface area contributed by atoms with Crippen LogP contribution in [0.25, 0.3) is 12.2 Å². The minimum absolute atomic E-state index is 0.116. The van der Waals surface area contributed by atoms with Crippen molar-refractivity contribution >= 4 is 26.2 Å². The predicted octanol–water partition coefficient (Wildman–Crippen LogP) is 5.85. The average Bonchev–Trinajstić information content (AvgIpc) is 2.66. The zero-order valence-corrected chi connectivity index (χ0v) is 19.8. The molecule has 0 aliphatic rings. The Morgan fingerprint density at radius 1 is 0.793 bits per heavy atom. The zero-order chi connectivity index (χ0) is 21.8. The summed E-state index contributed by atoms with van der Waals surface area (Å²) in [5.74, 6) is 2.55. The number of methoxy groups -OCH3 is 3. The highest BCUT2D eigenvalue weighted by Crippen LogP contribution is 2.40. The van der Waals surface area contributed by atoms with E-state index in [1.807, 2.05) is 42.5 Å². The summed E-state index contributed by atoms with van der Waals surface area (Å²) < 4.78 is 22.5. The lowest BCUT2D eigenvalue weighted by Crippen LogP contribution is -2.44. The van der Waals surface area contributed by atoms with E-state index < -0.39 is 8.32 Å². The van der Waals surface area contributed by atoms with E-state index in [0.717, 1.165) is 16.9 Å². The van der Waals surface area contributed by atoms with Crippen molar-refractivity contribution in [1.29, 1.82) is 0 Å². The maximum atomic E-state index is 6.34. The van der Waals surface area contributed by atoms with Crippen LogP contribution in [0.3, 0.4) is 0 Å². The highest BCUT2D eigenvalue weighted by molar-refractivity contribution is 6.74. The van der Waals surface area contributed by atoms with Crippen LogP contribution in [-0.4, -0.2) is 29.6 Å². The molecule has 0 fully saturated rings. The molecule has 0 aliphatic heterocycles. The van der Waals surface area contributed by atoms with Gasteiger partial charge in [-0.1, -0.05) is 39.0 Å². The fourth-order valence-corrected chi connectivity index (χ4v) is 3.62. The molecule has 2 aromatic carbocycles. The van der Waals surface area contributed by atoms with Crippen molar-refractivity contribution in [2.75, 3.05) is 27.1 Å². The molecule has 0 aliphatic carbocycles. The lowest BCUT2D eigenvalue weighted by molar-refractivity contribution is 0.324. The molecule has 2 rings (SSSR count). The van der Waals surface area contributed by atoms with Gasteiger partial charge in [0.25, 0.3) is 8.32 Å². The standard InChI is InChI=1S/C23H33NO4Si/c1-23(2,3)29(7,8)28-19-12-11-16(13-18(19)24)9-10-17-14-20(25-4)22(27-6)21(15-17)26-5/h9-15H,24H2,1-8H3/b10-9-. The summed E-state index contributed by atoms with van der Waals surface area (Å²) in [7, 11) is 2.86. The number of nitrogen functional groups attached to an aromatic ring is 1. The Bertz CT molecular complexity index is 860. The first-order valence-electron chi connectivity index (χ1n) is 9.59. The molecule has 5 nitrogen and oxygen atoms in total. The molecule has 0 aromatic heterocycles. The van der Waals surface area contributed by atoms with Crippen LogP contribution in [0, 0.1) is 0 Å². The summed E-state index contributed by atoms with van der Waals surface area (Å²) in [6.07, 6.45) is 3.97. The van der Waals surface area contributed by atoms with Crippen LogP contribution < -0.4 is 24.4 Å². The van der Waals surface area contributed by atoms with Gasteiger partial charge in [-0.05, 0) is 53.5 Å². The van der Waals surface area contributed by atoms with Crippen molar-refractivity contribution in [3.05, 3.63) is 41.5 Å². The monoisotopic (exact) mass is 415 g/mol. The van der Waals surface area contributed by atoms with E-state index >= 15 is 0 Å². The van der Waals surface area contributed by atoms with E-state index in [1.165, 1.54) is 0 Å². The quantitative estimate of drug-likeness (QED) is 0.349. The topological polar surface area (TPSA) is 62.9 Å². The minimum Gasteiger partial charge on any atom is -0.542 e. The fourth-order valence-electron chi connectivity index (χ4n) is 2.58. The van der Waals surface area contributed by atoms with E-state index in [1.54, 1.807) is 21.3 Å². The predicted molar refractivity (Wildman–Crippen MR) is 124 cm³/mol. The van der Waals surface area contributed by atoms with Gasteiger partial charge < -0.3 is 24.4 Å². The normalized spacial score (nSPS) is 12.1. The largest absolute Gasteiger partial charge is 0.542 e. The molecule has 0 saturated heterocycles. The maximum absolute atomic E-state index is 6.34. The minimum atomic E-state index is -1.93.